The Bertz CT molecular complexity index is 951. The van der Waals surface area contributed by atoms with Gasteiger partial charge < -0.3 is 13.8 Å². The number of alkyl halides is 3. The maximum atomic E-state index is 12.5. The van der Waals surface area contributed by atoms with Gasteiger partial charge in [-0.1, -0.05) is 5.16 Å². The zero-order valence-electron chi connectivity index (χ0n) is 12.7. The van der Waals surface area contributed by atoms with Crippen LogP contribution < -0.4 is 10.3 Å². The number of pyridine rings is 1. The molecule has 0 spiro atoms. The zero-order valence-corrected chi connectivity index (χ0v) is 12.7. The monoisotopic (exact) mass is 353 g/mol. The van der Waals surface area contributed by atoms with E-state index in [0.29, 0.717) is 5.69 Å². The van der Waals surface area contributed by atoms with Crippen LogP contribution in [0.1, 0.15) is 11.6 Å². The Hall–Kier alpha value is -3.24. The van der Waals surface area contributed by atoms with Gasteiger partial charge in [-0.25, -0.2) is 4.98 Å². The Morgan fingerprint density at radius 1 is 1.28 bits per heavy atom. The lowest BCUT2D eigenvalue weighted by Gasteiger charge is -2.08. The molecule has 0 radical (unpaired) electrons. The van der Waals surface area contributed by atoms with E-state index in [1.54, 1.807) is 0 Å². The summed E-state index contributed by atoms with van der Waals surface area (Å²) < 4.78 is 48.0. The average molecular weight is 353 g/mol. The highest BCUT2D eigenvalue weighted by Gasteiger charge is 2.38. The molecule has 3 aromatic rings. The van der Waals surface area contributed by atoms with Gasteiger partial charge in [0.2, 0.25) is 11.7 Å². The standard InChI is InChI=1S/C14H10F3N5O3/c1-24-12-9(18-3-4-19-12)7-22-5-2-8(6-10(22)23)11-20-13(25-21-11)14(15,16)17/h2-6H,7H2,1H3. The van der Waals surface area contributed by atoms with Crippen LogP contribution in [0.15, 0.2) is 40.0 Å². The third-order valence-electron chi connectivity index (χ3n) is 3.17. The average Bonchev–Trinajstić information content (AvgIpc) is 3.07. The molecular formula is C14H10F3N5O3. The van der Waals surface area contributed by atoms with Crippen molar-refractivity contribution in [3.63, 3.8) is 0 Å². The topological polar surface area (TPSA) is 95.9 Å². The van der Waals surface area contributed by atoms with Crippen LogP contribution in [0.25, 0.3) is 11.4 Å². The number of rotatable bonds is 4. The van der Waals surface area contributed by atoms with E-state index in [1.807, 2.05) is 0 Å². The summed E-state index contributed by atoms with van der Waals surface area (Å²) in [5, 5.41) is 3.24. The van der Waals surface area contributed by atoms with Gasteiger partial charge in [0.05, 0.1) is 13.7 Å². The van der Waals surface area contributed by atoms with Crippen LogP contribution in [0.4, 0.5) is 13.2 Å². The van der Waals surface area contributed by atoms with Crippen LogP contribution >= 0.6 is 0 Å². The predicted molar refractivity (Wildman–Crippen MR) is 76.7 cm³/mol. The lowest BCUT2D eigenvalue weighted by molar-refractivity contribution is -0.159. The second-order valence-corrected chi connectivity index (χ2v) is 4.81. The number of hydrogen-bond acceptors (Lipinski definition) is 7. The highest BCUT2D eigenvalue weighted by molar-refractivity contribution is 5.52. The SMILES string of the molecule is COc1nccnc1Cn1ccc(-c2noc(C(F)(F)F)n2)cc1=O. The van der Waals surface area contributed by atoms with Crippen LogP contribution in [0.2, 0.25) is 0 Å². The van der Waals surface area contributed by atoms with Crippen molar-refractivity contribution >= 4 is 0 Å². The molecule has 0 aliphatic carbocycles. The molecule has 3 heterocycles. The van der Waals surface area contributed by atoms with Crippen LogP contribution in [-0.2, 0) is 12.7 Å². The van der Waals surface area contributed by atoms with Crippen LogP contribution in [-0.4, -0.2) is 31.8 Å². The molecule has 0 fully saturated rings. The van der Waals surface area contributed by atoms with Crippen LogP contribution in [0.3, 0.4) is 0 Å². The van der Waals surface area contributed by atoms with Gasteiger partial charge in [0.1, 0.15) is 5.69 Å². The molecule has 0 N–H and O–H groups in total. The molecule has 0 amide bonds. The number of nitrogens with zero attached hydrogens (tertiary/aromatic N) is 5. The second kappa shape index (κ2) is 6.34. The van der Waals surface area contributed by atoms with E-state index in [0.717, 1.165) is 6.07 Å². The summed E-state index contributed by atoms with van der Waals surface area (Å²) in [4.78, 5) is 23.5. The molecule has 0 aliphatic heterocycles. The number of hydrogen-bond donors (Lipinski definition) is 0. The van der Waals surface area contributed by atoms with Gasteiger partial charge in [-0.15, -0.1) is 0 Å². The molecule has 0 atom stereocenters. The summed E-state index contributed by atoms with van der Waals surface area (Å²) in [7, 11) is 1.42. The van der Waals surface area contributed by atoms with Crippen LogP contribution in [0, 0.1) is 0 Å². The molecule has 8 nitrogen and oxygen atoms in total. The van der Waals surface area contributed by atoms with E-state index in [2.05, 4.69) is 24.6 Å². The fourth-order valence-electron chi connectivity index (χ4n) is 2.03. The van der Waals surface area contributed by atoms with Crippen molar-refractivity contribution in [1.29, 1.82) is 0 Å². The fraction of sp³-hybridized carbons (Fsp3) is 0.214. The Kier molecular flexibility index (Phi) is 4.21. The normalized spacial score (nSPS) is 11.5. The molecule has 3 rings (SSSR count). The van der Waals surface area contributed by atoms with Crippen molar-refractivity contribution in [3.05, 3.63) is 52.7 Å². The molecule has 0 saturated carbocycles. The predicted octanol–water partition coefficient (Wildman–Crippen LogP) is 1.76. The van der Waals surface area contributed by atoms with E-state index >= 15 is 0 Å². The van der Waals surface area contributed by atoms with E-state index in [1.165, 1.54) is 36.3 Å². The van der Waals surface area contributed by atoms with Crippen LogP contribution in [0.5, 0.6) is 5.88 Å². The van der Waals surface area contributed by atoms with Crippen molar-refractivity contribution < 1.29 is 22.4 Å². The summed E-state index contributed by atoms with van der Waals surface area (Å²) in [6, 6.07) is 2.50. The van der Waals surface area contributed by atoms with E-state index in [4.69, 9.17) is 4.74 Å². The zero-order chi connectivity index (χ0) is 18.0. The maximum Gasteiger partial charge on any atom is 0.471 e. The summed E-state index contributed by atoms with van der Waals surface area (Å²) in [5.74, 6) is -1.53. The third kappa shape index (κ3) is 3.49. The third-order valence-corrected chi connectivity index (χ3v) is 3.17. The van der Waals surface area contributed by atoms with Crippen molar-refractivity contribution in [2.75, 3.05) is 7.11 Å². The number of aromatic nitrogens is 5. The molecule has 0 unspecified atom stereocenters. The first-order valence-electron chi connectivity index (χ1n) is 6.84. The van der Waals surface area contributed by atoms with E-state index < -0.39 is 17.6 Å². The first-order valence-corrected chi connectivity index (χ1v) is 6.84. The number of methoxy groups -OCH3 is 1. The molecule has 11 heteroatoms. The molecular weight excluding hydrogens is 343 g/mol. The molecule has 130 valence electrons. The fourth-order valence-corrected chi connectivity index (χ4v) is 2.03. The Morgan fingerprint density at radius 2 is 2.04 bits per heavy atom. The largest absolute Gasteiger partial charge is 0.480 e. The van der Waals surface area contributed by atoms with E-state index in [-0.39, 0.29) is 23.8 Å². The van der Waals surface area contributed by atoms with Gasteiger partial charge in [0.25, 0.3) is 5.56 Å². The Labute approximate surface area is 137 Å². The van der Waals surface area contributed by atoms with Crippen molar-refractivity contribution in [1.82, 2.24) is 24.7 Å². The van der Waals surface area contributed by atoms with Gasteiger partial charge in [-0.2, -0.15) is 18.2 Å². The summed E-state index contributed by atoms with van der Waals surface area (Å²) in [5.41, 5.74) is 0.0499. The van der Waals surface area contributed by atoms with Gasteiger partial charge >= 0.3 is 12.1 Å². The lowest BCUT2D eigenvalue weighted by Crippen LogP contribution is -2.20. The molecule has 0 aliphatic rings. The summed E-state index contributed by atoms with van der Waals surface area (Å²) in [6.07, 6.45) is -0.462. The molecule has 25 heavy (non-hydrogen) atoms. The highest BCUT2D eigenvalue weighted by Crippen LogP contribution is 2.29. The number of halogens is 3. The molecule has 3 aromatic heterocycles. The highest BCUT2D eigenvalue weighted by atomic mass is 19.4. The van der Waals surface area contributed by atoms with Crippen molar-refractivity contribution in [2.24, 2.45) is 0 Å². The van der Waals surface area contributed by atoms with E-state index in [9.17, 15) is 18.0 Å². The summed E-state index contributed by atoms with van der Waals surface area (Å²) in [6.45, 7) is 0.0795. The van der Waals surface area contributed by atoms with Gasteiger partial charge in [0, 0.05) is 30.2 Å². The van der Waals surface area contributed by atoms with Gasteiger partial charge in [-0.3, -0.25) is 9.78 Å². The minimum atomic E-state index is -4.75. The van der Waals surface area contributed by atoms with Crippen molar-refractivity contribution in [2.45, 2.75) is 12.7 Å². The molecule has 0 saturated heterocycles. The summed E-state index contributed by atoms with van der Waals surface area (Å²) >= 11 is 0. The van der Waals surface area contributed by atoms with Crippen molar-refractivity contribution in [3.8, 4) is 17.3 Å². The van der Waals surface area contributed by atoms with Gasteiger partial charge in [0.15, 0.2) is 0 Å². The molecule has 0 aromatic carbocycles. The Balaban J connectivity index is 1.89. The smallest absolute Gasteiger partial charge is 0.471 e. The minimum Gasteiger partial charge on any atom is -0.480 e. The second-order valence-electron chi connectivity index (χ2n) is 4.81. The minimum absolute atomic E-state index is 0.0795. The lowest BCUT2D eigenvalue weighted by atomic mass is 10.2. The first-order chi connectivity index (χ1) is 11.9. The maximum absolute atomic E-state index is 12.5. The molecule has 0 bridgehead atoms. The van der Waals surface area contributed by atoms with Gasteiger partial charge in [-0.05, 0) is 6.07 Å². The first kappa shape index (κ1) is 16.6. The Morgan fingerprint density at radius 3 is 2.68 bits per heavy atom. The number of ether oxygens (including phenoxy) is 1. The quantitative estimate of drug-likeness (QED) is 0.705.